The first-order valence-corrected chi connectivity index (χ1v) is 6.40. The predicted octanol–water partition coefficient (Wildman–Crippen LogP) is 2.67. The van der Waals surface area contributed by atoms with E-state index in [2.05, 4.69) is 30.9 Å². The quantitative estimate of drug-likeness (QED) is 0.738. The fourth-order valence-corrected chi connectivity index (χ4v) is 1.95. The number of halogens is 1. The van der Waals surface area contributed by atoms with Crippen molar-refractivity contribution in [2.24, 2.45) is 0 Å². The molecule has 0 aliphatic rings. The molecule has 3 rings (SSSR count). The van der Waals surface area contributed by atoms with Crippen molar-refractivity contribution in [1.82, 2.24) is 19.5 Å². The van der Waals surface area contributed by atoms with Crippen molar-refractivity contribution in [2.75, 3.05) is 5.73 Å². The van der Waals surface area contributed by atoms with E-state index in [4.69, 9.17) is 5.73 Å². The number of imidazole rings is 1. The van der Waals surface area contributed by atoms with Crippen molar-refractivity contribution in [3.63, 3.8) is 0 Å². The average Bonchev–Trinajstić information content (AvgIpc) is 2.90. The smallest absolute Gasteiger partial charge is 0.235 e. The highest BCUT2D eigenvalue weighted by Crippen LogP contribution is 2.21. The summed E-state index contributed by atoms with van der Waals surface area (Å²) in [7, 11) is 0. The Hall–Kier alpha value is -2.21. The summed E-state index contributed by atoms with van der Waals surface area (Å²) >= 11 is 3.32. The van der Waals surface area contributed by atoms with E-state index in [1.807, 2.05) is 35.0 Å². The molecule has 6 heteroatoms. The molecule has 2 N–H and O–H groups in total. The zero-order valence-electron chi connectivity index (χ0n) is 9.86. The van der Waals surface area contributed by atoms with Crippen LogP contribution in [0, 0.1) is 0 Å². The van der Waals surface area contributed by atoms with Crippen molar-refractivity contribution in [2.45, 2.75) is 0 Å². The van der Waals surface area contributed by atoms with Crippen molar-refractivity contribution >= 4 is 21.6 Å². The van der Waals surface area contributed by atoms with E-state index in [9.17, 15) is 0 Å². The second-order valence-corrected chi connectivity index (χ2v) is 4.86. The monoisotopic (exact) mass is 315 g/mol. The summed E-state index contributed by atoms with van der Waals surface area (Å²) in [5.41, 5.74) is 7.38. The number of anilines is 1. The molecular formula is C13H10BrN5. The molecule has 2 aromatic heterocycles. The van der Waals surface area contributed by atoms with Gasteiger partial charge in [-0.15, -0.1) is 0 Å². The van der Waals surface area contributed by atoms with Gasteiger partial charge in [-0.2, -0.15) is 0 Å². The summed E-state index contributed by atoms with van der Waals surface area (Å²) in [4.78, 5) is 12.9. The van der Waals surface area contributed by atoms with Gasteiger partial charge in [0.25, 0.3) is 0 Å². The molecule has 0 spiro atoms. The SMILES string of the molecule is Nc1ccc(-c2nccn2-c2ncc(Br)cn2)cc1. The minimum Gasteiger partial charge on any atom is -0.399 e. The Labute approximate surface area is 118 Å². The average molecular weight is 316 g/mol. The highest BCUT2D eigenvalue weighted by atomic mass is 79.9. The van der Waals surface area contributed by atoms with Gasteiger partial charge in [0, 0.05) is 36.0 Å². The van der Waals surface area contributed by atoms with Gasteiger partial charge in [0.2, 0.25) is 5.95 Å². The summed E-state index contributed by atoms with van der Waals surface area (Å²) in [6.07, 6.45) is 6.95. The zero-order valence-corrected chi connectivity index (χ0v) is 11.4. The largest absolute Gasteiger partial charge is 0.399 e. The molecule has 0 amide bonds. The maximum Gasteiger partial charge on any atom is 0.235 e. The van der Waals surface area contributed by atoms with Crippen LogP contribution in [0.5, 0.6) is 0 Å². The number of hydrogen-bond acceptors (Lipinski definition) is 4. The molecule has 0 fully saturated rings. The molecule has 0 aliphatic carbocycles. The first-order valence-electron chi connectivity index (χ1n) is 5.61. The van der Waals surface area contributed by atoms with Gasteiger partial charge < -0.3 is 5.73 Å². The third kappa shape index (κ3) is 2.34. The van der Waals surface area contributed by atoms with Gasteiger partial charge >= 0.3 is 0 Å². The normalized spacial score (nSPS) is 10.6. The molecule has 0 atom stereocenters. The van der Waals surface area contributed by atoms with E-state index in [-0.39, 0.29) is 0 Å². The standard InChI is InChI=1S/C13H10BrN5/c14-10-7-17-13(18-8-10)19-6-5-16-12(19)9-1-3-11(15)4-2-9/h1-8H,15H2. The number of hydrogen-bond donors (Lipinski definition) is 1. The van der Waals surface area contributed by atoms with Crippen LogP contribution in [0.25, 0.3) is 17.3 Å². The fraction of sp³-hybridized carbons (Fsp3) is 0. The number of aromatic nitrogens is 4. The van der Waals surface area contributed by atoms with E-state index < -0.39 is 0 Å². The number of nitrogens with two attached hydrogens (primary N) is 1. The van der Waals surface area contributed by atoms with Crippen LogP contribution in [-0.4, -0.2) is 19.5 Å². The van der Waals surface area contributed by atoms with Gasteiger partial charge in [-0.3, -0.25) is 4.57 Å². The molecule has 3 aromatic rings. The summed E-state index contributed by atoms with van der Waals surface area (Å²) in [5.74, 6) is 1.36. The topological polar surface area (TPSA) is 69.6 Å². The Bertz CT molecular complexity index is 628. The highest BCUT2D eigenvalue weighted by molar-refractivity contribution is 9.10. The van der Waals surface area contributed by atoms with Crippen LogP contribution >= 0.6 is 15.9 Å². The van der Waals surface area contributed by atoms with Crippen molar-refractivity contribution < 1.29 is 0 Å². The molecular weight excluding hydrogens is 306 g/mol. The first-order chi connectivity index (χ1) is 9.24. The maximum atomic E-state index is 5.69. The summed E-state index contributed by atoms with van der Waals surface area (Å²) < 4.78 is 2.67. The van der Waals surface area contributed by atoms with Crippen LogP contribution in [-0.2, 0) is 0 Å². The van der Waals surface area contributed by atoms with Gasteiger partial charge in [-0.05, 0) is 40.2 Å². The van der Waals surface area contributed by atoms with Crippen LogP contribution in [0.4, 0.5) is 5.69 Å². The third-order valence-corrected chi connectivity index (χ3v) is 3.04. The molecule has 0 bridgehead atoms. The van der Waals surface area contributed by atoms with Gasteiger partial charge in [0.05, 0.1) is 4.47 Å². The molecule has 0 unspecified atom stereocenters. The number of nitrogen functional groups attached to an aromatic ring is 1. The molecule has 19 heavy (non-hydrogen) atoms. The summed E-state index contributed by atoms with van der Waals surface area (Å²) in [6, 6.07) is 7.54. The van der Waals surface area contributed by atoms with Gasteiger partial charge in [0.1, 0.15) is 5.82 Å². The molecule has 0 saturated carbocycles. The lowest BCUT2D eigenvalue weighted by Crippen LogP contribution is -2.01. The van der Waals surface area contributed by atoms with Crippen molar-refractivity contribution in [3.8, 4) is 17.3 Å². The summed E-state index contributed by atoms with van der Waals surface area (Å²) in [6.45, 7) is 0. The Morgan fingerprint density at radius 1 is 1.00 bits per heavy atom. The van der Waals surface area contributed by atoms with Crippen LogP contribution in [0.1, 0.15) is 0 Å². The lowest BCUT2D eigenvalue weighted by atomic mass is 10.2. The second-order valence-electron chi connectivity index (χ2n) is 3.94. The van der Waals surface area contributed by atoms with E-state index >= 15 is 0 Å². The van der Waals surface area contributed by atoms with Crippen molar-refractivity contribution in [3.05, 3.63) is 53.5 Å². The van der Waals surface area contributed by atoms with Gasteiger partial charge in [-0.25, -0.2) is 15.0 Å². The lowest BCUT2D eigenvalue weighted by molar-refractivity contribution is 0.929. The van der Waals surface area contributed by atoms with E-state index in [1.165, 1.54) is 0 Å². The third-order valence-electron chi connectivity index (χ3n) is 2.63. The van der Waals surface area contributed by atoms with Crippen LogP contribution in [0.2, 0.25) is 0 Å². The number of benzene rings is 1. The maximum absolute atomic E-state index is 5.69. The molecule has 0 radical (unpaired) electrons. The molecule has 1 aromatic carbocycles. The van der Waals surface area contributed by atoms with Gasteiger partial charge in [0.15, 0.2) is 0 Å². The second kappa shape index (κ2) is 4.81. The van der Waals surface area contributed by atoms with E-state index in [0.29, 0.717) is 5.95 Å². The Morgan fingerprint density at radius 2 is 1.68 bits per heavy atom. The van der Waals surface area contributed by atoms with Crippen molar-refractivity contribution in [1.29, 1.82) is 0 Å². The minimum absolute atomic E-state index is 0.576. The van der Waals surface area contributed by atoms with Crippen LogP contribution in [0.15, 0.2) is 53.5 Å². The Kier molecular flexibility index (Phi) is 3.00. The molecule has 2 heterocycles. The summed E-state index contributed by atoms with van der Waals surface area (Å²) in [5, 5.41) is 0. The van der Waals surface area contributed by atoms with E-state index in [0.717, 1.165) is 21.5 Å². The van der Waals surface area contributed by atoms with Crippen LogP contribution < -0.4 is 5.73 Å². The minimum atomic E-state index is 0.576. The molecule has 0 aliphatic heterocycles. The number of rotatable bonds is 2. The molecule has 0 saturated heterocycles. The first kappa shape index (κ1) is 11.9. The highest BCUT2D eigenvalue weighted by Gasteiger charge is 2.09. The zero-order chi connectivity index (χ0) is 13.2. The molecule has 94 valence electrons. The number of nitrogens with zero attached hydrogens (tertiary/aromatic N) is 4. The predicted molar refractivity (Wildman–Crippen MR) is 76.7 cm³/mol. The van der Waals surface area contributed by atoms with E-state index in [1.54, 1.807) is 18.6 Å². The molecule has 5 nitrogen and oxygen atoms in total. The van der Waals surface area contributed by atoms with Gasteiger partial charge in [-0.1, -0.05) is 0 Å². The lowest BCUT2D eigenvalue weighted by Gasteiger charge is -2.06. The Balaban J connectivity index is 2.07. The Morgan fingerprint density at radius 3 is 2.37 bits per heavy atom. The van der Waals surface area contributed by atoms with Crippen LogP contribution in [0.3, 0.4) is 0 Å². The fourth-order valence-electron chi connectivity index (χ4n) is 1.74.